The molecule has 1 fully saturated rings. The molecule has 1 saturated carbocycles. The first-order valence-electron chi connectivity index (χ1n) is 7.05. The summed E-state index contributed by atoms with van der Waals surface area (Å²) in [6, 6.07) is 5.95. The van der Waals surface area contributed by atoms with Gasteiger partial charge in [0, 0.05) is 17.2 Å². The van der Waals surface area contributed by atoms with Crippen molar-refractivity contribution in [3.05, 3.63) is 35.7 Å². The molecule has 0 aliphatic heterocycles. The Labute approximate surface area is 133 Å². The van der Waals surface area contributed by atoms with Gasteiger partial charge >= 0.3 is 6.18 Å². The van der Waals surface area contributed by atoms with Crippen molar-refractivity contribution < 1.29 is 22.8 Å². The number of hydrogen-bond acceptors (Lipinski definition) is 4. The molecule has 10 heteroatoms. The normalized spacial score (nSPS) is 14.3. The van der Waals surface area contributed by atoms with Gasteiger partial charge in [-0.25, -0.2) is 0 Å². The number of nitrogens with one attached hydrogen (secondary N) is 3. The van der Waals surface area contributed by atoms with Crippen LogP contribution in [-0.4, -0.2) is 27.0 Å². The quantitative estimate of drug-likeness (QED) is 0.796. The van der Waals surface area contributed by atoms with Crippen molar-refractivity contribution in [2.45, 2.75) is 19.0 Å². The van der Waals surface area contributed by atoms with Gasteiger partial charge in [-0.3, -0.25) is 20.0 Å². The van der Waals surface area contributed by atoms with Crippen LogP contribution >= 0.6 is 0 Å². The van der Waals surface area contributed by atoms with Gasteiger partial charge < -0.3 is 5.32 Å². The Kier molecular flexibility index (Phi) is 3.96. The van der Waals surface area contributed by atoms with E-state index in [1.54, 1.807) is 5.10 Å². The summed E-state index contributed by atoms with van der Waals surface area (Å²) in [4.78, 5) is 26.7. The minimum absolute atomic E-state index is 0.0570. The number of nitrogens with zero attached hydrogens (tertiary/aromatic N) is 2. The van der Waals surface area contributed by atoms with Gasteiger partial charge in [0.1, 0.15) is 0 Å². The highest BCUT2D eigenvalue weighted by atomic mass is 19.4. The summed E-state index contributed by atoms with van der Waals surface area (Å²) in [6.45, 7) is 0. The Hall–Kier alpha value is -2.91. The third-order valence-electron chi connectivity index (χ3n) is 3.34. The maximum absolute atomic E-state index is 12.4. The van der Waals surface area contributed by atoms with Crippen molar-refractivity contribution in [1.29, 1.82) is 0 Å². The molecule has 1 heterocycles. The number of halogens is 3. The van der Waals surface area contributed by atoms with E-state index in [9.17, 15) is 22.8 Å². The summed E-state index contributed by atoms with van der Waals surface area (Å²) >= 11 is 0. The lowest BCUT2D eigenvalue weighted by Crippen LogP contribution is -2.15. The second-order valence-corrected chi connectivity index (χ2v) is 5.30. The average molecular weight is 339 g/mol. The number of carbonyl (C=O) groups is 2. The fourth-order valence-corrected chi connectivity index (χ4v) is 1.91. The second-order valence-electron chi connectivity index (χ2n) is 5.30. The van der Waals surface area contributed by atoms with Crippen LogP contribution in [-0.2, 0) is 11.0 Å². The van der Waals surface area contributed by atoms with E-state index in [2.05, 4.69) is 20.7 Å². The van der Waals surface area contributed by atoms with Crippen molar-refractivity contribution in [1.82, 2.24) is 15.2 Å². The van der Waals surface area contributed by atoms with Crippen molar-refractivity contribution in [2.75, 3.05) is 10.6 Å². The van der Waals surface area contributed by atoms with Gasteiger partial charge in [-0.1, -0.05) is 0 Å². The third kappa shape index (κ3) is 3.70. The van der Waals surface area contributed by atoms with Crippen molar-refractivity contribution in [2.24, 2.45) is 5.92 Å². The van der Waals surface area contributed by atoms with Crippen molar-refractivity contribution >= 4 is 23.5 Å². The maximum atomic E-state index is 12.4. The van der Waals surface area contributed by atoms with Crippen LogP contribution in [0, 0.1) is 5.92 Å². The predicted molar refractivity (Wildman–Crippen MR) is 77.1 cm³/mol. The van der Waals surface area contributed by atoms with Crippen LogP contribution in [0.1, 0.15) is 29.0 Å². The summed E-state index contributed by atoms with van der Waals surface area (Å²) in [6.07, 6.45) is -2.91. The zero-order chi connectivity index (χ0) is 17.3. The molecule has 0 saturated heterocycles. The van der Waals surface area contributed by atoms with E-state index in [0.717, 1.165) is 12.8 Å². The van der Waals surface area contributed by atoms with Crippen LogP contribution in [0.5, 0.6) is 0 Å². The lowest BCUT2D eigenvalue weighted by molar-refractivity contribution is -0.144. The molecule has 0 spiro atoms. The molecule has 0 unspecified atom stereocenters. The zero-order valence-corrected chi connectivity index (χ0v) is 12.1. The largest absolute Gasteiger partial charge is 0.451 e. The topological polar surface area (TPSA) is 99.8 Å². The van der Waals surface area contributed by atoms with Crippen LogP contribution < -0.4 is 10.6 Å². The first kappa shape index (κ1) is 16.0. The summed E-state index contributed by atoms with van der Waals surface area (Å²) in [7, 11) is 0. The fraction of sp³-hybridized carbons (Fsp3) is 0.286. The smallest absolute Gasteiger partial charge is 0.326 e. The van der Waals surface area contributed by atoms with E-state index >= 15 is 0 Å². The van der Waals surface area contributed by atoms with Gasteiger partial charge in [-0.05, 0) is 37.1 Å². The van der Waals surface area contributed by atoms with Crippen LogP contribution in [0.3, 0.4) is 0 Å². The average Bonchev–Trinajstić information content (AvgIpc) is 3.26. The minimum atomic E-state index is -4.67. The number of amides is 2. The number of benzene rings is 1. The number of hydrogen-bond donors (Lipinski definition) is 3. The zero-order valence-electron chi connectivity index (χ0n) is 12.1. The van der Waals surface area contributed by atoms with E-state index in [1.165, 1.54) is 24.3 Å². The Balaban J connectivity index is 1.62. The van der Waals surface area contributed by atoms with Crippen LogP contribution in [0.25, 0.3) is 0 Å². The van der Waals surface area contributed by atoms with E-state index in [-0.39, 0.29) is 17.4 Å². The van der Waals surface area contributed by atoms with Gasteiger partial charge in [-0.15, -0.1) is 5.10 Å². The highest BCUT2D eigenvalue weighted by Gasteiger charge is 2.35. The molecule has 3 rings (SSSR count). The van der Waals surface area contributed by atoms with Gasteiger partial charge in [0.25, 0.3) is 5.91 Å². The number of aromatic amines is 1. The Morgan fingerprint density at radius 2 is 1.79 bits per heavy atom. The standard InChI is InChI=1S/C14H12F3N5O2/c15-14(16,17)12-20-13(22-21-12)19-11(24)8-3-5-9(6-4-8)18-10(23)7-1-2-7/h3-7H,1-2H2,(H,18,23)(H2,19,20,21,22,24). The summed E-state index contributed by atoms with van der Waals surface area (Å²) in [5.41, 5.74) is 0.735. The Bertz CT molecular complexity index is 765. The van der Waals surface area contributed by atoms with Crippen LogP contribution in [0.15, 0.2) is 24.3 Å². The molecule has 1 aliphatic rings. The van der Waals surface area contributed by atoms with Gasteiger partial charge in [-0.2, -0.15) is 18.2 Å². The summed E-state index contributed by atoms with van der Waals surface area (Å²) in [5.74, 6) is -2.44. The maximum Gasteiger partial charge on any atom is 0.451 e. The van der Waals surface area contributed by atoms with E-state index < -0.39 is 23.9 Å². The molecule has 2 amide bonds. The first-order chi connectivity index (χ1) is 11.3. The third-order valence-corrected chi connectivity index (χ3v) is 3.34. The molecule has 0 atom stereocenters. The van der Waals surface area contributed by atoms with E-state index in [1.807, 2.05) is 0 Å². The molecule has 0 radical (unpaired) electrons. The van der Waals surface area contributed by atoms with Crippen molar-refractivity contribution in [3.63, 3.8) is 0 Å². The fourth-order valence-electron chi connectivity index (χ4n) is 1.91. The molecule has 24 heavy (non-hydrogen) atoms. The summed E-state index contributed by atoms with van der Waals surface area (Å²) in [5, 5.41) is 9.86. The molecule has 1 aliphatic carbocycles. The summed E-state index contributed by atoms with van der Waals surface area (Å²) < 4.78 is 37.2. The number of rotatable bonds is 4. The number of H-pyrrole nitrogens is 1. The molecular formula is C14H12F3N5O2. The van der Waals surface area contributed by atoms with Crippen LogP contribution in [0.2, 0.25) is 0 Å². The molecule has 2 aromatic rings. The number of alkyl halides is 3. The molecule has 7 nitrogen and oxygen atoms in total. The van der Waals surface area contributed by atoms with Gasteiger partial charge in [0.15, 0.2) is 0 Å². The number of aromatic nitrogens is 3. The molecule has 3 N–H and O–H groups in total. The lowest BCUT2D eigenvalue weighted by Gasteiger charge is -2.05. The van der Waals surface area contributed by atoms with E-state index in [4.69, 9.17) is 0 Å². The monoisotopic (exact) mass is 339 g/mol. The van der Waals surface area contributed by atoms with Gasteiger partial charge in [0.2, 0.25) is 17.7 Å². The Morgan fingerprint density at radius 1 is 1.12 bits per heavy atom. The molecule has 126 valence electrons. The molecular weight excluding hydrogens is 327 g/mol. The van der Waals surface area contributed by atoms with Crippen LogP contribution in [0.4, 0.5) is 24.8 Å². The number of carbonyl (C=O) groups excluding carboxylic acids is 2. The molecule has 1 aromatic heterocycles. The molecule has 1 aromatic carbocycles. The number of anilines is 2. The lowest BCUT2D eigenvalue weighted by atomic mass is 10.2. The van der Waals surface area contributed by atoms with Gasteiger partial charge in [0.05, 0.1) is 0 Å². The predicted octanol–water partition coefficient (Wildman–Crippen LogP) is 2.42. The van der Waals surface area contributed by atoms with E-state index in [0.29, 0.717) is 5.69 Å². The Morgan fingerprint density at radius 3 is 2.33 bits per heavy atom. The minimum Gasteiger partial charge on any atom is -0.326 e. The second kappa shape index (κ2) is 5.95. The first-order valence-corrected chi connectivity index (χ1v) is 7.05. The highest BCUT2D eigenvalue weighted by Crippen LogP contribution is 2.30. The molecule has 0 bridgehead atoms. The SMILES string of the molecule is O=C(Nc1n[nH]c(C(F)(F)F)n1)c1ccc(NC(=O)C2CC2)cc1. The van der Waals surface area contributed by atoms with Crippen molar-refractivity contribution in [3.8, 4) is 0 Å². The highest BCUT2D eigenvalue weighted by molar-refractivity contribution is 6.03.